The van der Waals surface area contributed by atoms with Crippen LogP contribution >= 0.6 is 0 Å². The molecule has 0 bridgehead atoms. The summed E-state index contributed by atoms with van der Waals surface area (Å²) in [5.74, 6) is 1.70. The maximum Gasteiger partial charge on any atom is 0.176 e. The van der Waals surface area contributed by atoms with Crippen LogP contribution in [0, 0.1) is 5.92 Å². The average molecular weight is 323 g/mol. The van der Waals surface area contributed by atoms with Crippen molar-refractivity contribution in [1.29, 1.82) is 0 Å². The summed E-state index contributed by atoms with van der Waals surface area (Å²) in [5, 5.41) is 21.7. The van der Waals surface area contributed by atoms with Gasteiger partial charge in [0.1, 0.15) is 17.8 Å². The first-order valence-electron chi connectivity index (χ1n) is 8.53. The molecule has 2 N–H and O–H groups in total. The minimum absolute atomic E-state index is 0.222. The van der Waals surface area contributed by atoms with Crippen molar-refractivity contribution in [3.8, 4) is 28.5 Å². The maximum atomic E-state index is 9.99. The fourth-order valence-corrected chi connectivity index (χ4v) is 3.49. The van der Waals surface area contributed by atoms with E-state index in [-0.39, 0.29) is 5.75 Å². The summed E-state index contributed by atoms with van der Waals surface area (Å²) in [4.78, 5) is 4.40. The first-order valence-corrected chi connectivity index (χ1v) is 8.53. The normalized spacial score (nSPS) is 15.7. The van der Waals surface area contributed by atoms with Crippen LogP contribution in [0.15, 0.2) is 36.7 Å². The van der Waals surface area contributed by atoms with Gasteiger partial charge in [0.05, 0.1) is 5.69 Å². The van der Waals surface area contributed by atoms with Crippen molar-refractivity contribution in [1.82, 2.24) is 25.0 Å². The van der Waals surface area contributed by atoms with E-state index in [1.807, 2.05) is 22.9 Å². The van der Waals surface area contributed by atoms with Gasteiger partial charge in [0.25, 0.3) is 0 Å². The third kappa shape index (κ3) is 2.91. The first kappa shape index (κ1) is 14.9. The lowest BCUT2D eigenvalue weighted by atomic mass is 9.89. The van der Waals surface area contributed by atoms with E-state index >= 15 is 0 Å². The van der Waals surface area contributed by atoms with Crippen molar-refractivity contribution in [3.05, 3.63) is 36.7 Å². The van der Waals surface area contributed by atoms with Crippen LogP contribution in [0.5, 0.6) is 5.75 Å². The molecule has 0 unspecified atom stereocenters. The summed E-state index contributed by atoms with van der Waals surface area (Å²) in [6.07, 6.45) is 8.12. The number of nitrogens with one attached hydrogen (secondary N) is 1. The number of aromatic hydroxyl groups is 1. The molecular formula is C18H21N5O. The van der Waals surface area contributed by atoms with Crippen molar-refractivity contribution in [3.63, 3.8) is 0 Å². The van der Waals surface area contributed by atoms with Crippen LogP contribution in [0.25, 0.3) is 22.8 Å². The molecule has 0 radical (unpaired) electrons. The molecule has 124 valence electrons. The van der Waals surface area contributed by atoms with E-state index in [1.54, 1.807) is 18.5 Å². The number of aromatic amines is 1. The summed E-state index contributed by atoms with van der Waals surface area (Å²) < 4.78 is 1.97. The Bertz CT molecular complexity index is 816. The number of H-pyrrole nitrogens is 1. The van der Waals surface area contributed by atoms with E-state index in [2.05, 4.69) is 20.3 Å². The Balaban J connectivity index is 1.59. The monoisotopic (exact) mass is 323 g/mol. The number of hydrogen-bond acceptors (Lipinski definition) is 4. The second kappa shape index (κ2) is 6.47. The molecule has 0 atom stereocenters. The first-order chi connectivity index (χ1) is 11.8. The van der Waals surface area contributed by atoms with E-state index in [1.165, 1.54) is 32.1 Å². The maximum absolute atomic E-state index is 9.99. The second-order valence-electron chi connectivity index (χ2n) is 6.45. The number of para-hydroxylation sites is 1. The molecule has 4 rings (SSSR count). The Hall–Kier alpha value is -2.63. The fourth-order valence-electron chi connectivity index (χ4n) is 3.49. The van der Waals surface area contributed by atoms with Gasteiger partial charge in [-0.1, -0.05) is 31.4 Å². The largest absolute Gasteiger partial charge is 0.507 e. The van der Waals surface area contributed by atoms with Crippen LogP contribution in [-0.4, -0.2) is 30.1 Å². The number of aromatic nitrogens is 5. The third-order valence-corrected chi connectivity index (χ3v) is 4.77. The molecular weight excluding hydrogens is 302 g/mol. The lowest BCUT2D eigenvalue weighted by molar-refractivity contribution is 0.309. The Labute approximate surface area is 140 Å². The SMILES string of the molecule is Oc1ccccc1-c1cc(-c2ncnn2CC2CCCCC2)[nH]n1. The van der Waals surface area contributed by atoms with Crippen LogP contribution < -0.4 is 0 Å². The number of hydrogen-bond donors (Lipinski definition) is 2. The van der Waals surface area contributed by atoms with Crippen molar-refractivity contribution in [2.75, 3.05) is 0 Å². The predicted molar refractivity (Wildman–Crippen MR) is 91.3 cm³/mol. The molecule has 1 saturated carbocycles. The quantitative estimate of drug-likeness (QED) is 0.768. The highest BCUT2D eigenvalue weighted by Crippen LogP contribution is 2.30. The molecule has 24 heavy (non-hydrogen) atoms. The van der Waals surface area contributed by atoms with E-state index < -0.39 is 0 Å². The highest BCUT2D eigenvalue weighted by molar-refractivity contribution is 5.70. The molecule has 0 amide bonds. The highest BCUT2D eigenvalue weighted by Gasteiger charge is 2.18. The minimum Gasteiger partial charge on any atom is -0.507 e. The van der Waals surface area contributed by atoms with E-state index in [9.17, 15) is 5.11 Å². The summed E-state index contributed by atoms with van der Waals surface area (Å²) in [7, 11) is 0. The van der Waals surface area contributed by atoms with Gasteiger partial charge in [-0.15, -0.1) is 0 Å². The van der Waals surface area contributed by atoms with Gasteiger partial charge in [-0.05, 0) is 37.0 Å². The molecule has 1 fully saturated rings. The molecule has 3 aromatic rings. The second-order valence-corrected chi connectivity index (χ2v) is 6.45. The number of phenols is 1. The van der Waals surface area contributed by atoms with Gasteiger partial charge in [0, 0.05) is 12.1 Å². The smallest absolute Gasteiger partial charge is 0.176 e. The Morgan fingerprint density at radius 3 is 2.83 bits per heavy atom. The number of nitrogens with zero attached hydrogens (tertiary/aromatic N) is 4. The topological polar surface area (TPSA) is 79.6 Å². The molecule has 0 saturated heterocycles. The Morgan fingerprint density at radius 1 is 1.17 bits per heavy atom. The predicted octanol–water partition coefficient (Wildman–Crippen LogP) is 3.62. The number of benzene rings is 1. The van der Waals surface area contributed by atoms with Crippen LogP contribution in [0.3, 0.4) is 0 Å². The highest BCUT2D eigenvalue weighted by atomic mass is 16.3. The molecule has 2 heterocycles. The molecule has 0 aliphatic heterocycles. The van der Waals surface area contributed by atoms with Crippen LogP contribution in [0.1, 0.15) is 32.1 Å². The van der Waals surface area contributed by atoms with E-state index in [0.29, 0.717) is 17.2 Å². The zero-order chi connectivity index (χ0) is 16.4. The van der Waals surface area contributed by atoms with Gasteiger partial charge in [-0.25, -0.2) is 9.67 Å². The molecule has 6 nitrogen and oxygen atoms in total. The van der Waals surface area contributed by atoms with Gasteiger partial charge in [-0.3, -0.25) is 5.10 Å². The zero-order valence-corrected chi connectivity index (χ0v) is 13.5. The van der Waals surface area contributed by atoms with Gasteiger partial charge in [0.15, 0.2) is 5.82 Å². The van der Waals surface area contributed by atoms with Crippen LogP contribution in [0.2, 0.25) is 0 Å². The van der Waals surface area contributed by atoms with Crippen LogP contribution in [-0.2, 0) is 6.54 Å². The minimum atomic E-state index is 0.222. The third-order valence-electron chi connectivity index (χ3n) is 4.77. The summed E-state index contributed by atoms with van der Waals surface area (Å²) >= 11 is 0. The van der Waals surface area contributed by atoms with Crippen LogP contribution in [0.4, 0.5) is 0 Å². The van der Waals surface area contributed by atoms with Crippen molar-refractivity contribution >= 4 is 0 Å². The standard InChI is InChI=1S/C18H21N5O/c24-17-9-5-4-8-14(17)15-10-16(22-21-15)18-19-12-20-23(18)11-13-6-2-1-3-7-13/h4-5,8-10,12-13,24H,1-3,6-7,11H2,(H,21,22). The zero-order valence-electron chi connectivity index (χ0n) is 13.5. The fraction of sp³-hybridized carbons (Fsp3) is 0.389. The summed E-state index contributed by atoms with van der Waals surface area (Å²) in [6.45, 7) is 0.903. The Kier molecular flexibility index (Phi) is 4.02. The molecule has 1 aliphatic rings. The van der Waals surface area contributed by atoms with E-state index in [4.69, 9.17) is 0 Å². The van der Waals surface area contributed by atoms with Gasteiger partial charge in [-0.2, -0.15) is 10.2 Å². The van der Waals surface area contributed by atoms with E-state index in [0.717, 1.165) is 18.1 Å². The summed E-state index contributed by atoms with van der Waals surface area (Å²) in [6, 6.07) is 9.11. The van der Waals surface area contributed by atoms with Crippen molar-refractivity contribution in [2.24, 2.45) is 5.92 Å². The van der Waals surface area contributed by atoms with Gasteiger partial charge >= 0.3 is 0 Å². The molecule has 6 heteroatoms. The lowest BCUT2D eigenvalue weighted by Crippen LogP contribution is -2.16. The van der Waals surface area contributed by atoms with Gasteiger partial charge in [0.2, 0.25) is 0 Å². The van der Waals surface area contributed by atoms with Gasteiger partial charge < -0.3 is 5.11 Å². The number of rotatable bonds is 4. The summed E-state index contributed by atoms with van der Waals surface area (Å²) in [5.41, 5.74) is 2.23. The van der Waals surface area contributed by atoms with Crippen molar-refractivity contribution < 1.29 is 5.11 Å². The molecule has 1 aliphatic carbocycles. The average Bonchev–Trinajstić information content (AvgIpc) is 3.25. The molecule has 0 spiro atoms. The lowest BCUT2D eigenvalue weighted by Gasteiger charge is -2.21. The molecule has 1 aromatic carbocycles. The van der Waals surface area contributed by atoms with Crippen molar-refractivity contribution in [2.45, 2.75) is 38.6 Å². The molecule has 2 aromatic heterocycles. The Morgan fingerprint density at radius 2 is 2.00 bits per heavy atom. The number of phenolic OH excluding ortho intramolecular Hbond substituents is 1.